The second kappa shape index (κ2) is 18.0. The number of ketones is 1. The molecule has 0 aliphatic carbocycles. The van der Waals surface area contributed by atoms with Crippen LogP contribution >= 0.6 is 23.2 Å². The van der Waals surface area contributed by atoms with Gasteiger partial charge in [-0.15, -0.1) is 0 Å². The molecule has 0 spiro atoms. The Morgan fingerprint density at radius 3 is 1.43 bits per heavy atom. The number of carbonyl (C=O) groups excluding carboxylic acids is 3. The third-order valence-corrected chi connectivity index (χ3v) is 7.39. The Hall–Kier alpha value is -3.97. The second-order valence-corrected chi connectivity index (χ2v) is 11.3. The zero-order valence-electron chi connectivity index (χ0n) is 24.8. The van der Waals surface area contributed by atoms with E-state index in [1.807, 2.05) is 104 Å². The smallest absolute Gasteiger partial charge is 0.317 e. The van der Waals surface area contributed by atoms with Gasteiger partial charge in [0.05, 0.1) is 5.92 Å². The van der Waals surface area contributed by atoms with Crippen LogP contribution < -0.4 is 5.73 Å². The number of carbonyl (C=O) groups is 3. The van der Waals surface area contributed by atoms with Gasteiger partial charge in [0.1, 0.15) is 24.9 Å². The van der Waals surface area contributed by atoms with Crippen molar-refractivity contribution < 1.29 is 23.9 Å². The van der Waals surface area contributed by atoms with Gasteiger partial charge in [0, 0.05) is 16.1 Å². The van der Waals surface area contributed by atoms with Gasteiger partial charge in [-0.1, -0.05) is 108 Å². The van der Waals surface area contributed by atoms with Gasteiger partial charge in [0.2, 0.25) is 0 Å². The molecule has 0 aromatic heterocycles. The van der Waals surface area contributed by atoms with E-state index in [9.17, 15) is 14.4 Å². The summed E-state index contributed by atoms with van der Waals surface area (Å²) in [6, 6.07) is 33.2. The van der Waals surface area contributed by atoms with Crippen molar-refractivity contribution in [2.45, 2.75) is 45.9 Å². The largest absolute Gasteiger partial charge is 0.461 e. The lowest BCUT2D eigenvalue weighted by Crippen LogP contribution is -2.35. The Morgan fingerprint density at radius 2 is 1.02 bits per heavy atom. The predicted molar refractivity (Wildman–Crippen MR) is 174 cm³/mol. The van der Waals surface area contributed by atoms with Crippen LogP contribution in [0.1, 0.15) is 36.1 Å². The number of ether oxygens (including phenoxy) is 2. The molecule has 0 radical (unpaired) electrons. The molecule has 3 unspecified atom stereocenters. The topological polar surface area (TPSA) is 95.7 Å². The Kier molecular flexibility index (Phi) is 14.1. The van der Waals surface area contributed by atoms with Gasteiger partial charge < -0.3 is 15.2 Å². The number of rotatable bonds is 12. The van der Waals surface area contributed by atoms with E-state index in [-0.39, 0.29) is 36.9 Å². The summed E-state index contributed by atoms with van der Waals surface area (Å²) in [6.07, 6.45) is 0.864. The number of benzene rings is 4. The van der Waals surface area contributed by atoms with E-state index in [0.29, 0.717) is 22.9 Å². The van der Waals surface area contributed by atoms with E-state index in [1.54, 1.807) is 12.1 Å². The molecule has 0 heterocycles. The van der Waals surface area contributed by atoms with E-state index in [2.05, 4.69) is 0 Å². The second-order valence-electron chi connectivity index (χ2n) is 10.5. The molecule has 0 bridgehead atoms. The highest BCUT2D eigenvalue weighted by Gasteiger charge is 2.26. The van der Waals surface area contributed by atoms with Gasteiger partial charge in [-0.05, 0) is 73.2 Å². The third-order valence-electron chi connectivity index (χ3n) is 6.88. The summed E-state index contributed by atoms with van der Waals surface area (Å²) >= 11 is 11.7. The van der Waals surface area contributed by atoms with Crippen molar-refractivity contribution >= 4 is 40.9 Å². The first-order chi connectivity index (χ1) is 21.1. The Morgan fingerprint density at radius 1 is 0.614 bits per heavy atom. The number of esters is 2. The third kappa shape index (κ3) is 12.0. The minimum absolute atomic E-state index is 0.171. The molecule has 6 nitrogen and oxygen atoms in total. The molecule has 4 aromatic carbocycles. The molecule has 0 saturated carbocycles. The number of halogens is 2. The summed E-state index contributed by atoms with van der Waals surface area (Å²) in [5.41, 5.74) is 9.71. The predicted octanol–water partition coefficient (Wildman–Crippen LogP) is 7.42. The Labute approximate surface area is 269 Å². The lowest BCUT2D eigenvalue weighted by atomic mass is 9.93. The fourth-order valence-electron chi connectivity index (χ4n) is 4.27. The molecule has 0 aliphatic heterocycles. The molecule has 4 aromatic rings. The lowest BCUT2D eigenvalue weighted by molar-refractivity contribution is -0.153. The maximum Gasteiger partial charge on any atom is 0.317 e. The molecular formula is C36H37Cl2NO5. The molecular weight excluding hydrogens is 597 g/mol. The van der Waals surface area contributed by atoms with Crippen LogP contribution in [0.3, 0.4) is 0 Å². The number of Topliss-reactive ketones (excluding diaryl/α,β-unsaturated/α-hetero) is 1. The van der Waals surface area contributed by atoms with Crippen LogP contribution in [0.5, 0.6) is 0 Å². The van der Waals surface area contributed by atoms with Crippen LogP contribution in [0.2, 0.25) is 10.0 Å². The van der Waals surface area contributed by atoms with Crippen LogP contribution in [0.25, 0.3) is 0 Å². The molecule has 3 atom stereocenters. The summed E-state index contributed by atoms with van der Waals surface area (Å²) in [5, 5.41) is 1.29. The number of nitrogens with two attached hydrogens (primary N) is 1. The summed E-state index contributed by atoms with van der Waals surface area (Å²) in [6.45, 7) is 3.67. The SMILES string of the molecule is CC(=O)C(Cc1ccc(Cl)cc1)C(=O)OCc1ccccc1.CC(N)C(Cc1ccc(Cl)cc1)C(=O)OCc1ccccc1. The van der Waals surface area contributed by atoms with Gasteiger partial charge in [0.15, 0.2) is 0 Å². The van der Waals surface area contributed by atoms with Crippen molar-refractivity contribution in [1.29, 1.82) is 0 Å². The van der Waals surface area contributed by atoms with Crippen LogP contribution in [0, 0.1) is 11.8 Å². The molecule has 0 fully saturated rings. The van der Waals surface area contributed by atoms with E-state index in [4.69, 9.17) is 38.4 Å². The monoisotopic (exact) mass is 633 g/mol. The van der Waals surface area contributed by atoms with Crippen molar-refractivity contribution in [1.82, 2.24) is 0 Å². The fourth-order valence-corrected chi connectivity index (χ4v) is 4.52. The average molecular weight is 635 g/mol. The maximum atomic E-state index is 12.3. The van der Waals surface area contributed by atoms with Gasteiger partial charge in [-0.2, -0.15) is 0 Å². The number of hydrogen-bond acceptors (Lipinski definition) is 6. The molecule has 44 heavy (non-hydrogen) atoms. The van der Waals surface area contributed by atoms with Gasteiger partial charge in [-0.25, -0.2) is 0 Å². The van der Waals surface area contributed by atoms with E-state index >= 15 is 0 Å². The molecule has 2 N–H and O–H groups in total. The van der Waals surface area contributed by atoms with Crippen molar-refractivity contribution in [2.24, 2.45) is 17.6 Å². The highest BCUT2D eigenvalue weighted by Crippen LogP contribution is 2.18. The molecule has 0 saturated heterocycles. The minimum Gasteiger partial charge on any atom is -0.461 e. The van der Waals surface area contributed by atoms with E-state index in [0.717, 1.165) is 22.3 Å². The van der Waals surface area contributed by atoms with Crippen LogP contribution in [0.15, 0.2) is 109 Å². The summed E-state index contributed by atoms with van der Waals surface area (Å²) < 4.78 is 10.7. The standard InChI is InChI=1S/C18H20ClNO2.C18H17ClO3/c2*1-13(20)17(11-14-7-9-16(19)10-8-14)18(21)22-12-15-5-3-2-4-6-15/h2-10,13,17H,11-12,20H2,1H3;2-10,17H,11-12H2,1H3. The van der Waals surface area contributed by atoms with E-state index in [1.165, 1.54) is 6.92 Å². The highest BCUT2D eigenvalue weighted by atomic mass is 35.5. The average Bonchev–Trinajstić information content (AvgIpc) is 3.03. The number of hydrogen-bond donors (Lipinski definition) is 1. The zero-order chi connectivity index (χ0) is 31.9. The van der Waals surface area contributed by atoms with Gasteiger partial charge in [-0.3, -0.25) is 14.4 Å². The van der Waals surface area contributed by atoms with Crippen molar-refractivity contribution in [3.8, 4) is 0 Å². The Balaban J connectivity index is 0.000000240. The molecule has 0 aliphatic rings. The van der Waals surface area contributed by atoms with Gasteiger partial charge in [0.25, 0.3) is 0 Å². The fraction of sp³-hybridized carbons (Fsp3) is 0.250. The first-order valence-electron chi connectivity index (χ1n) is 14.3. The molecule has 4 rings (SSSR count). The minimum atomic E-state index is -0.787. The maximum absolute atomic E-state index is 12.3. The molecule has 230 valence electrons. The molecule has 0 amide bonds. The lowest BCUT2D eigenvalue weighted by Gasteiger charge is -2.19. The first-order valence-corrected chi connectivity index (χ1v) is 15.0. The normalized spacial score (nSPS) is 12.6. The van der Waals surface area contributed by atoms with Crippen LogP contribution in [-0.4, -0.2) is 23.8 Å². The highest BCUT2D eigenvalue weighted by molar-refractivity contribution is 6.30. The van der Waals surface area contributed by atoms with Crippen LogP contribution in [-0.2, 0) is 49.9 Å². The van der Waals surface area contributed by atoms with Crippen molar-refractivity contribution in [2.75, 3.05) is 0 Å². The first kappa shape index (κ1) is 34.5. The van der Waals surface area contributed by atoms with E-state index < -0.39 is 11.9 Å². The summed E-state index contributed by atoms with van der Waals surface area (Å²) in [7, 11) is 0. The quantitative estimate of drug-likeness (QED) is 0.129. The van der Waals surface area contributed by atoms with Crippen LogP contribution in [0.4, 0.5) is 0 Å². The Bertz CT molecular complexity index is 1460. The van der Waals surface area contributed by atoms with Gasteiger partial charge >= 0.3 is 11.9 Å². The summed E-state index contributed by atoms with van der Waals surface area (Å²) in [5.74, 6) is -2.12. The summed E-state index contributed by atoms with van der Waals surface area (Å²) in [4.78, 5) is 36.2. The van der Waals surface area contributed by atoms with Crippen molar-refractivity contribution in [3.63, 3.8) is 0 Å². The zero-order valence-corrected chi connectivity index (χ0v) is 26.3. The van der Waals surface area contributed by atoms with Crippen molar-refractivity contribution in [3.05, 3.63) is 141 Å². The molecule has 8 heteroatoms.